The third kappa shape index (κ3) is 4.36. The van der Waals surface area contributed by atoms with Crippen molar-refractivity contribution in [2.24, 2.45) is 5.11 Å². The number of halogens is 2. The smallest absolute Gasteiger partial charge is 0.147 e. The number of hydrogen-bond acceptors (Lipinski definition) is 4. The van der Waals surface area contributed by atoms with Gasteiger partial charge in [0.1, 0.15) is 28.6 Å². The van der Waals surface area contributed by atoms with Gasteiger partial charge in [0.15, 0.2) is 0 Å². The maximum Gasteiger partial charge on any atom is 0.147 e. The van der Waals surface area contributed by atoms with Gasteiger partial charge < -0.3 is 9.29 Å². The molecule has 0 aromatic heterocycles. The van der Waals surface area contributed by atoms with E-state index in [1.807, 2.05) is 20.8 Å². The van der Waals surface area contributed by atoms with Crippen molar-refractivity contribution in [3.05, 3.63) is 39.5 Å². The number of rotatable bonds is 6. The van der Waals surface area contributed by atoms with Crippen molar-refractivity contribution >= 4 is 11.4 Å². The van der Waals surface area contributed by atoms with Crippen molar-refractivity contribution in [1.29, 1.82) is 0 Å². The van der Waals surface area contributed by atoms with Crippen LogP contribution in [0.5, 0.6) is 5.75 Å². The largest absolute Gasteiger partial charge is 0.598 e. The number of nitrogens with zero attached hydrogens (tertiary/aromatic N) is 3. The lowest BCUT2D eigenvalue weighted by Crippen LogP contribution is -2.41. The lowest BCUT2D eigenvalue weighted by atomic mass is 9.96. The molecular formula is C16H22F2N4O2S. The molecule has 0 fully saturated rings. The Morgan fingerprint density at radius 1 is 1.52 bits per heavy atom. The Bertz CT molecular complexity index is 691. The SMILES string of the molecule is CC(N[S+]([O-])C(C)(C)C)c1cc(F)cc2c1OC(CF)(CN=[N+]=[N-])C2. The van der Waals surface area contributed by atoms with Crippen LogP contribution in [0.1, 0.15) is 44.9 Å². The Morgan fingerprint density at radius 2 is 2.20 bits per heavy atom. The van der Waals surface area contributed by atoms with E-state index in [0.29, 0.717) is 16.9 Å². The Kier molecular flexibility index (Phi) is 5.83. The second-order valence-electron chi connectivity index (χ2n) is 7.19. The fraction of sp³-hybridized carbons (Fsp3) is 0.625. The zero-order valence-electron chi connectivity index (χ0n) is 14.7. The van der Waals surface area contributed by atoms with E-state index >= 15 is 0 Å². The summed E-state index contributed by atoms with van der Waals surface area (Å²) in [5.41, 5.74) is 8.14. The van der Waals surface area contributed by atoms with Gasteiger partial charge in [-0.3, -0.25) is 0 Å². The van der Waals surface area contributed by atoms with Gasteiger partial charge in [0, 0.05) is 33.8 Å². The molecule has 0 bridgehead atoms. The normalized spacial score (nSPS) is 21.9. The quantitative estimate of drug-likeness (QED) is 0.355. The Labute approximate surface area is 148 Å². The van der Waals surface area contributed by atoms with Gasteiger partial charge in [0.25, 0.3) is 0 Å². The Morgan fingerprint density at radius 3 is 2.76 bits per heavy atom. The molecule has 6 nitrogen and oxygen atoms in total. The molecule has 1 heterocycles. The predicted octanol–water partition coefficient (Wildman–Crippen LogP) is 3.89. The van der Waals surface area contributed by atoms with Gasteiger partial charge in [-0.15, -0.1) is 4.72 Å². The minimum Gasteiger partial charge on any atom is -0.598 e. The second-order valence-corrected chi connectivity index (χ2v) is 9.19. The van der Waals surface area contributed by atoms with E-state index in [-0.39, 0.29) is 13.0 Å². The summed E-state index contributed by atoms with van der Waals surface area (Å²) in [6.45, 7) is 6.16. The van der Waals surface area contributed by atoms with Gasteiger partial charge in [-0.25, -0.2) is 8.78 Å². The van der Waals surface area contributed by atoms with Crippen molar-refractivity contribution in [2.75, 3.05) is 13.2 Å². The van der Waals surface area contributed by atoms with Crippen molar-refractivity contribution in [1.82, 2.24) is 4.72 Å². The molecule has 2 rings (SSSR count). The van der Waals surface area contributed by atoms with Crippen molar-refractivity contribution in [2.45, 2.75) is 50.5 Å². The summed E-state index contributed by atoms with van der Waals surface area (Å²) in [7, 11) is 0. The number of nitrogens with one attached hydrogen (secondary N) is 1. The van der Waals surface area contributed by atoms with E-state index in [0.717, 1.165) is 0 Å². The third-order valence-corrected chi connectivity index (χ3v) is 5.64. The van der Waals surface area contributed by atoms with Gasteiger partial charge in [0.2, 0.25) is 0 Å². The van der Waals surface area contributed by atoms with Crippen molar-refractivity contribution in [3.8, 4) is 5.75 Å². The van der Waals surface area contributed by atoms with E-state index in [1.165, 1.54) is 12.1 Å². The monoisotopic (exact) mass is 372 g/mol. The average molecular weight is 372 g/mol. The molecule has 1 aromatic carbocycles. The van der Waals surface area contributed by atoms with E-state index in [1.54, 1.807) is 6.92 Å². The molecule has 3 atom stereocenters. The number of hydrogen-bond donors (Lipinski definition) is 1. The highest BCUT2D eigenvalue weighted by Crippen LogP contribution is 2.41. The highest BCUT2D eigenvalue weighted by atomic mass is 32.2. The molecule has 1 N–H and O–H groups in total. The molecule has 1 aliphatic rings. The van der Waals surface area contributed by atoms with Crippen LogP contribution in [0, 0.1) is 5.82 Å². The van der Waals surface area contributed by atoms with Crippen LogP contribution in [-0.4, -0.2) is 28.1 Å². The number of ether oxygens (including phenoxy) is 1. The van der Waals surface area contributed by atoms with Gasteiger partial charge in [-0.1, -0.05) is 5.11 Å². The minimum atomic E-state index is -1.37. The fourth-order valence-electron chi connectivity index (χ4n) is 2.62. The predicted molar refractivity (Wildman–Crippen MR) is 92.9 cm³/mol. The molecule has 0 radical (unpaired) electrons. The number of fused-ring (bicyclic) bond motifs is 1. The Balaban J connectivity index is 2.33. The van der Waals surface area contributed by atoms with E-state index in [2.05, 4.69) is 14.7 Å². The molecule has 0 spiro atoms. The van der Waals surface area contributed by atoms with Crippen LogP contribution in [-0.2, 0) is 17.8 Å². The van der Waals surface area contributed by atoms with Gasteiger partial charge >= 0.3 is 0 Å². The highest BCUT2D eigenvalue weighted by molar-refractivity contribution is 7.90. The van der Waals surface area contributed by atoms with Crippen LogP contribution in [0.3, 0.4) is 0 Å². The maximum atomic E-state index is 14.0. The zero-order chi connectivity index (χ0) is 18.8. The molecule has 138 valence electrons. The molecule has 0 aliphatic carbocycles. The highest BCUT2D eigenvalue weighted by Gasteiger charge is 2.42. The van der Waals surface area contributed by atoms with Crippen molar-refractivity contribution in [3.63, 3.8) is 0 Å². The molecule has 1 aromatic rings. The topological polar surface area (TPSA) is 93.1 Å². The maximum absolute atomic E-state index is 14.0. The summed E-state index contributed by atoms with van der Waals surface area (Å²) >= 11 is -1.37. The molecular weight excluding hydrogens is 350 g/mol. The van der Waals surface area contributed by atoms with Crippen molar-refractivity contribution < 1.29 is 18.1 Å². The first-order valence-corrected chi connectivity index (χ1v) is 9.03. The second kappa shape index (κ2) is 7.37. The first kappa shape index (κ1) is 19.8. The minimum absolute atomic E-state index is 0.109. The number of azide groups is 1. The van der Waals surface area contributed by atoms with Crippen LogP contribution >= 0.6 is 0 Å². The molecule has 0 amide bonds. The standard InChI is InChI=1S/C16H22F2N4O2S/c1-10(21-25(23)15(2,3)4)13-6-12(18)5-11-7-16(8-17,9-20-22-19)24-14(11)13/h5-6,10,21H,7-9H2,1-4H3. The van der Waals surface area contributed by atoms with Gasteiger partial charge in [0.05, 0.1) is 12.6 Å². The summed E-state index contributed by atoms with van der Waals surface area (Å²) in [6, 6.07) is 2.11. The summed E-state index contributed by atoms with van der Waals surface area (Å²) in [5, 5.41) is 3.42. The molecule has 1 aliphatic heterocycles. The summed E-state index contributed by atoms with van der Waals surface area (Å²) < 4.78 is 48.1. The summed E-state index contributed by atoms with van der Waals surface area (Å²) in [5.74, 6) is -0.121. The third-order valence-electron chi connectivity index (χ3n) is 3.96. The Hall–Kier alpha value is -1.54. The van der Waals surface area contributed by atoms with Gasteiger partial charge in [-0.2, -0.15) is 0 Å². The van der Waals surface area contributed by atoms with Crippen LogP contribution in [0.2, 0.25) is 0 Å². The first-order valence-electron chi connectivity index (χ1n) is 7.88. The summed E-state index contributed by atoms with van der Waals surface area (Å²) in [4.78, 5) is 2.65. The van der Waals surface area contributed by atoms with Crippen LogP contribution < -0.4 is 9.46 Å². The zero-order valence-corrected chi connectivity index (χ0v) is 15.5. The van der Waals surface area contributed by atoms with Crippen LogP contribution in [0.4, 0.5) is 8.78 Å². The molecule has 0 saturated carbocycles. The van der Waals surface area contributed by atoms with E-state index < -0.39 is 40.2 Å². The first-order chi connectivity index (χ1) is 11.6. The van der Waals surface area contributed by atoms with E-state index in [4.69, 9.17) is 10.3 Å². The molecule has 9 heteroatoms. The van der Waals surface area contributed by atoms with Crippen LogP contribution in [0.15, 0.2) is 17.2 Å². The summed E-state index contributed by atoms with van der Waals surface area (Å²) in [6.07, 6.45) is 0.109. The lowest BCUT2D eigenvalue weighted by molar-refractivity contribution is 0.0719. The molecule has 3 unspecified atom stereocenters. The molecule has 0 saturated heterocycles. The lowest BCUT2D eigenvalue weighted by Gasteiger charge is -2.28. The fourth-order valence-corrected chi connectivity index (χ4v) is 3.42. The van der Waals surface area contributed by atoms with Crippen LogP contribution in [0.25, 0.3) is 10.4 Å². The average Bonchev–Trinajstić information content (AvgIpc) is 2.90. The van der Waals surface area contributed by atoms with Gasteiger partial charge in [-0.05, 0) is 45.4 Å². The molecule has 25 heavy (non-hydrogen) atoms. The van der Waals surface area contributed by atoms with E-state index in [9.17, 15) is 13.3 Å². The number of alkyl halides is 1. The number of benzene rings is 1.